The van der Waals surface area contributed by atoms with Crippen molar-refractivity contribution in [2.75, 3.05) is 5.73 Å². The molecule has 0 fully saturated rings. The number of nitrogens with zero attached hydrogens (tertiary/aromatic N) is 3. The molecule has 0 aliphatic rings. The highest BCUT2D eigenvalue weighted by Crippen LogP contribution is 2.24. The zero-order valence-electron chi connectivity index (χ0n) is 9.25. The van der Waals surface area contributed by atoms with Crippen molar-refractivity contribution in [1.82, 2.24) is 15.0 Å². The Morgan fingerprint density at radius 2 is 2.12 bits per heavy atom. The second kappa shape index (κ2) is 3.84. The summed E-state index contributed by atoms with van der Waals surface area (Å²) in [5.74, 6) is 0.844. The van der Waals surface area contributed by atoms with Gasteiger partial charge in [-0.3, -0.25) is 0 Å². The molecule has 1 heterocycles. The molecule has 0 aliphatic carbocycles. The highest BCUT2D eigenvalue weighted by atomic mass is 16.3. The van der Waals surface area contributed by atoms with E-state index in [0.717, 1.165) is 11.4 Å². The Hall–Kier alpha value is -2.04. The van der Waals surface area contributed by atoms with Crippen molar-refractivity contribution in [2.24, 2.45) is 0 Å². The van der Waals surface area contributed by atoms with Crippen LogP contribution in [-0.4, -0.2) is 20.1 Å². The minimum Gasteiger partial charge on any atom is -0.508 e. The number of phenolic OH excluding ortho intramolecular Hbond substituents is 1. The van der Waals surface area contributed by atoms with Gasteiger partial charge in [0.1, 0.15) is 5.75 Å². The van der Waals surface area contributed by atoms with Gasteiger partial charge in [-0.1, -0.05) is 25.1 Å². The molecule has 0 amide bonds. The summed E-state index contributed by atoms with van der Waals surface area (Å²) < 4.78 is 1.65. The van der Waals surface area contributed by atoms with Gasteiger partial charge in [0, 0.05) is 6.07 Å². The van der Waals surface area contributed by atoms with Gasteiger partial charge in [-0.25, -0.2) is 4.68 Å². The summed E-state index contributed by atoms with van der Waals surface area (Å²) in [5, 5.41) is 17.2. The lowest BCUT2D eigenvalue weighted by molar-refractivity contribution is 0.474. The third-order valence-corrected chi connectivity index (χ3v) is 2.35. The molecule has 0 atom stereocenters. The predicted octanol–water partition coefficient (Wildman–Crippen LogP) is 1.68. The van der Waals surface area contributed by atoms with Crippen LogP contribution in [0.1, 0.15) is 25.5 Å². The Balaban J connectivity index is 2.56. The Morgan fingerprint density at radius 1 is 1.38 bits per heavy atom. The van der Waals surface area contributed by atoms with Crippen molar-refractivity contribution >= 4 is 5.82 Å². The molecule has 5 nitrogen and oxygen atoms in total. The average Bonchev–Trinajstić information content (AvgIpc) is 2.60. The molecular formula is C11H14N4O. The highest BCUT2D eigenvalue weighted by Gasteiger charge is 2.15. The number of aromatic nitrogens is 3. The Kier molecular flexibility index (Phi) is 2.52. The van der Waals surface area contributed by atoms with Crippen molar-refractivity contribution in [3.8, 4) is 11.4 Å². The lowest BCUT2D eigenvalue weighted by atomic mass is 10.1. The molecule has 0 bridgehead atoms. The minimum atomic E-state index is 0.196. The third-order valence-electron chi connectivity index (χ3n) is 2.35. The van der Waals surface area contributed by atoms with Gasteiger partial charge in [0.25, 0.3) is 0 Å². The molecule has 1 aromatic carbocycles. The van der Waals surface area contributed by atoms with Gasteiger partial charge in [0.05, 0.1) is 11.4 Å². The monoisotopic (exact) mass is 218 g/mol. The van der Waals surface area contributed by atoms with Crippen molar-refractivity contribution in [3.63, 3.8) is 0 Å². The maximum absolute atomic E-state index is 9.42. The normalized spacial score (nSPS) is 10.9. The molecule has 0 radical (unpaired) electrons. The Morgan fingerprint density at radius 3 is 2.75 bits per heavy atom. The number of hydrogen-bond acceptors (Lipinski definition) is 4. The fourth-order valence-electron chi connectivity index (χ4n) is 1.66. The third kappa shape index (κ3) is 1.71. The van der Waals surface area contributed by atoms with E-state index in [1.807, 2.05) is 19.9 Å². The van der Waals surface area contributed by atoms with Gasteiger partial charge in [-0.05, 0) is 18.1 Å². The first-order chi connectivity index (χ1) is 7.59. The first-order valence-corrected chi connectivity index (χ1v) is 5.10. The number of hydrogen-bond donors (Lipinski definition) is 2. The molecule has 0 saturated heterocycles. The molecule has 0 aliphatic heterocycles. The fourth-order valence-corrected chi connectivity index (χ4v) is 1.66. The molecule has 0 unspecified atom stereocenters. The summed E-state index contributed by atoms with van der Waals surface area (Å²) in [4.78, 5) is 0. The van der Waals surface area contributed by atoms with Crippen LogP contribution in [0.4, 0.5) is 5.82 Å². The van der Waals surface area contributed by atoms with Gasteiger partial charge < -0.3 is 10.8 Å². The lowest BCUT2D eigenvalue weighted by Crippen LogP contribution is -2.05. The highest BCUT2D eigenvalue weighted by molar-refractivity contribution is 5.44. The standard InChI is InChI=1S/C11H14N4O/c1-7(2)10-11(12)13-14-15(10)8-4-3-5-9(16)6-8/h3-7,16H,12H2,1-2H3. The van der Waals surface area contributed by atoms with Crippen LogP contribution in [0.15, 0.2) is 24.3 Å². The number of nitrogens with two attached hydrogens (primary N) is 1. The molecule has 3 N–H and O–H groups in total. The molecule has 0 spiro atoms. The number of anilines is 1. The molecule has 16 heavy (non-hydrogen) atoms. The van der Waals surface area contributed by atoms with Crippen LogP contribution in [0.2, 0.25) is 0 Å². The number of benzene rings is 1. The second-order valence-electron chi connectivity index (χ2n) is 3.95. The molecular weight excluding hydrogens is 204 g/mol. The summed E-state index contributed by atoms with van der Waals surface area (Å²) in [6, 6.07) is 6.84. The van der Waals surface area contributed by atoms with E-state index in [-0.39, 0.29) is 11.7 Å². The van der Waals surface area contributed by atoms with Gasteiger partial charge in [0.2, 0.25) is 0 Å². The van der Waals surface area contributed by atoms with E-state index in [1.165, 1.54) is 0 Å². The topological polar surface area (TPSA) is 77.0 Å². The van der Waals surface area contributed by atoms with Crippen molar-refractivity contribution in [3.05, 3.63) is 30.0 Å². The van der Waals surface area contributed by atoms with E-state index in [9.17, 15) is 5.11 Å². The number of nitrogen functional groups attached to an aromatic ring is 1. The van der Waals surface area contributed by atoms with Crippen molar-refractivity contribution in [1.29, 1.82) is 0 Å². The van der Waals surface area contributed by atoms with Crippen LogP contribution in [0.5, 0.6) is 5.75 Å². The van der Waals surface area contributed by atoms with Crippen LogP contribution in [0.25, 0.3) is 5.69 Å². The predicted molar refractivity (Wildman–Crippen MR) is 61.5 cm³/mol. The van der Waals surface area contributed by atoms with Crippen molar-refractivity contribution in [2.45, 2.75) is 19.8 Å². The van der Waals surface area contributed by atoms with E-state index in [2.05, 4.69) is 10.3 Å². The van der Waals surface area contributed by atoms with Crippen LogP contribution < -0.4 is 5.73 Å². The molecule has 2 aromatic rings. The summed E-state index contributed by atoms with van der Waals surface area (Å²) >= 11 is 0. The minimum absolute atomic E-state index is 0.196. The number of aromatic hydroxyl groups is 1. The number of rotatable bonds is 2. The molecule has 5 heteroatoms. The zero-order valence-corrected chi connectivity index (χ0v) is 9.25. The van der Waals surface area contributed by atoms with Crippen LogP contribution in [0, 0.1) is 0 Å². The SMILES string of the molecule is CC(C)c1c(N)nnn1-c1cccc(O)c1. The van der Waals surface area contributed by atoms with Crippen LogP contribution in [0.3, 0.4) is 0 Å². The van der Waals surface area contributed by atoms with E-state index in [1.54, 1.807) is 22.9 Å². The first kappa shape index (κ1) is 10.5. The van der Waals surface area contributed by atoms with E-state index >= 15 is 0 Å². The maximum Gasteiger partial charge on any atom is 0.169 e. The number of phenols is 1. The lowest BCUT2D eigenvalue weighted by Gasteiger charge is -2.09. The van der Waals surface area contributed by atoms with E-state index in [0.29, 0.717) is 5.82 Å². The quantitative estimate of drug-likeness (QED) is 0.804. The summed E-state index contributed by atoms with van der Waals surface area (Å²) in [6.07, 6.45) is 0. The zero-order chi connectivity index (χ0) is 11.7. The van der Waals surface area contributed by atoms with E-state index < -0.39 is 0 Å². The second-order valence-corrected chi connectivity index (χ2v) is 3.95. The van der Waals surface area contributed by atoms with Crippen molar-refractivity contribution < 1.29 is 5.11 Å². The van der Waals surface area contributed by atoms with Gasteiger partial charge >= 0.3 is 0 Å². The fraction of sp³-hybridized carbons (Fsp3) is 0.273. The Bertz CT molecular complexity index is 504. The summed E-state index contributed by atoms with van der Waals surface area (Å²) in [6.45, 7) is 4.04. The molecule has 84 valence electrons. The van der Waals surface area contributed by atoms with E-state index in [4.69, 9.17) is 5.73 Å². The first-order valence-electron chi connectivity index (χ1n) is 5.10. The van der Waals surface area contributed by atoms with Gasteiger partial charge in [0.15, 0.2) is 5.82 Å². The van der Waals surface area contributed by atoms with Gasteiger partial charge in [-0.2, -0.15) is 0 Å². The molecule has 0 saturated carbocycles. The largest absolute Gasteiger partial charge is 0.508 e. The van der Waals surface area contributed by atoms with Crippen LogP contribution >= 0.6 is 0 Å². The average molecular weight is 218 g/mol. The smallest absolute Gasteiger partial charge is 0.169 e. The van der Waals surface area contributed by atoms with Gasteiger partial charge in [-0.15, -0.1) is 5.10 Å². The Labute approximate surface area is 93.5 Å². The molecule has 2 rings (SSSR count). The maximum atomic E-state index is 9.42. The van der Waals surface area contributed by atoms with Crippen LogP contribution in [-0.2, 0) is 0 Å². The summed E-state index contributed by atoms with van der Waals surface area (Å²) in [7, 11) is 0. The molecule has 1 aromatic heterocycles. The summed E-state index contributed by atoms with van der Waals surface area (Å²) in [5.41, 5.74) is 7.37.